The van der Waals surface area contributed by atoms with E-state index in [0.717, 1.165) is 57.8 Å². The number of unbranched alkanes of at least 4 members (excludes halogenated alkanes) is 25. The molecule has 0 bridgehead atoms. The highest BCUT2D eigenvalue weighted by molar-refractivity contribution is 5.70. The lowest BCUT2D eigenvalue weighted by atomic mass is 9.98. The summed E-state index contributed by atoms with van der Waals surface area (Å²) in [6, 6.07) is 0. The van der Waals surface area contributed by atoms with Crippen LogP contribution in [0.4, 0.5) is 0 Å². The molecule has 2 fully saturated rings. The van der Waals surface area contributed by atoms with Crippen molar-refractivity contribution < 1.29 is 73.8 Å². The Morgan fingerprint density at radius 3 is 1.35 bits per heavy atom. The fourth-order valence-electron chi connectivity index (χ4n) is 8.39. The van der Waals surface area contributed by atoms with Crippen molar-refractivity contribution in [3.05, 3.63) is 12.2 Å². The third kappa shape index (κ3) is 26.8. The average Bonchev–Trinajstić information content (AvgIpc) is 3.31. The number of esters is 2. The smallest absolute Gasteiger partial charge is 0.306 e. The summed E-state index contributed by atoms with van der Waals surface area (Å²) in [5.41, 5.74) is 0. The first-order valence-corrected chi connectivity index (χ1v) is 26.3. The van der Waals surface area contributed by atoms with E-state index in [1.807, 2.05) is 0 Å². The topological polar surface area (TPSA) is 231 Å². The molecule has 2 aliphatic heterocycles. The minimum atomic E-state index is -1.76. The van der Waals surface area contributed by atoms with Gasteiger partial charge in [-0.15, -0.1) is 0 Å². The third-order valence-corrected chi connectivity index (χ3v) is 12.7. The zero-order valence-corrected chi connectivity index (χ0v) is 40.9. The van der Waals surface area contributed by atoms with Crippen molar-refractivity contribution in [3.8, 4) is 0 Å². The molecule has 2 saturated heterocycles. The van der Waals surface area contributed by atoms with Crippen LogP contribution in [-0.4, -0.2) is 142 Å². The lowest BCUT2D eigenvalue weighted by Crippen LogP contribution is -2.61. The predicted octanol–water partition coefficient (Wildman–Crippen LogP) is 7.38. The van der Waals surface area contributed by atoms with Gasteiger partial charge in [0.1, 0.15) is 55.4 Å². The highest BCUT2D eigenvalue weighted by Crippen LogP contribution is 2.26. The van der Waals surface area contributed by atoms with E-state index in [9.17, 15) is 45.3 Å². The maximum absolute atomic E-state index is 13.0. The SMILES string of the molecule is CCCCCC/C=C/CCCCCCCC(=O)OC[C@H](CO[C@H]1O[C@@H](CO[C@H]2O[C@@H](CO)[C@@H](O)C(O)C2O)[C@@H](O)C(O)C1O)OC(=O)CCCCCCCCCCCCCCCCCCC. The van der Waals surface area contributed by atoms with Gasteiger partial charge in [0.25, 0.3) is 0 Å². The number of rotatable bonds is 41. The highest BCUT2D eigenvalue weighted by atomic mass is 16.7. The molecule has 0 aliphatic carbocycles. The molecule has 388 valence electrons. The van der Waals surface area contributed by atoms with E-state index < -0.39 is 92.7 Å². The molecule has 0 aromatic rings. The quantitative estimate of drug-likeness (QED) is 0.0180. The van der Waals surface area contributed by atoms with Crippen LogP contribution in [0.3, 0.4) is 0 Å². The Morgan fingerprint density at radius 1 is 0.470 bits per heavy atom. The molecule has 0 aromatic carbocycles. The summed E-state index contributed by atoms with van der Waals surface area (Å²) in [5.74, 6) is -0.925. The first-order chi connectivity index (χ1) is 32.0. The van der Waals surface area contributed by atoms with E-state index in [4.69, 9.17) is 28.4 Å². The summed E-state index contributed by atoms with van der Waals surface area (Å²) in [4.78, 5) is 25.7. The van der Waals surface area contributed by atoms with Gasteiger partial charge in [-0.3, -0.25) is 9.59 Å². The van der Waals surface area contributed by atoms with Crippen LogP contribution in [0.1, 0.15) is 206 Å². The van der Waals surface area contributed by atoms with Gasteiger partial charge in [0.2, 0.25) is 0 Å². The zero-order valence-electron chi connectivity index (χ0n) is 40.9. The molecule has 7 N–H and O–H groups in total. The summed E-state index contributed by atoms with van der Waals surface area (Å²) in [6.07, 6.45) is 20.9. The van der Waals surface area contributed by atoms with Crippen molar-refractivity contribution in [2.45, 2.75) is 274 Å². The number of allylic oxidation sites excluding steroid dienone is 2. The normalized spacial score (nSPS) is 26.2. The van der Waals surface area contributed by atoms with Gasteiger partial charge in [0.15, 0.2) is 18.7 Å². The van der Waals surface area contributed by atoms with E-state index in [1.54, 1.807) is 0 Å². The van der Waals surface area contributed by atoms with Gasteiger partial charge in [-0.2, -0.15) is 0 Å². The van der Waals surface area contributed by atoms with Gasteiger partial charge in [0.05, 0.1) is 19.8 Å². The Morgan fingerprint density at radius 2 is 0.864 bits per heavy atom. The maximum atomic E-state index is 13.0. The Hall–Kier alpha value is -1.76. The minimum absolute atomic E-state index is 0.169. The second-order valence-corrected chi connectivity index (χ2v) is 18.7. The van der Waals surface area contributed by atoms with Crippen molar-refractivity contribution >= 4 is 11.9 Å². The van der Waals surface area contributed by atoms with E-state index in [1.165, 1.54) is 109 Å². The number of carbonyl (C=O) groups is 2. The van der Waals surface area contributed by atoms with Gasteiger partial charge in [-0.1, -0.05) is 167 Å². The van der Waals surface area contributed by atoms with Crippen molar-refractivity contribution in [2.75, 3.05) is 26.4 Å². The molecule has 0 aromatic heterocycles. The molecule has 15 nitrogen and oxygen atoms in total. The van der Waals surface area contributed by atoms with Crippen molar-refractivity contribution in [1.82, 2.24) is 0 Å². The summed E-state index contributed by atoms with van der Waals surface area (Å²) >= 11 is 0. The summed E-state index contributed by atoms with van der Waals surface area (Å²) < 4.78 is 33.6. The molecule has 2 aliphatic rings. The molecule has 2 rings (SSSR count). The Balaban J connectivity index is 1.80. The summed E-state index contributed by atoms with van der Waals surface area (Å²) in [6.45, 7) is 2.59. The highest BCUT2D eigenvalue weighted by Gasteiger charge is 2.47. The summed E-state index contributed by atoms with van der Waals surface area (Å²) in [5, 5.41) is 72.1. The molecule has 0 saturated carbocycles. The lowest BCUT2D eigenvalue weighted by Gasteiger charge is -2.42. The molecule has 0 amide bonds. The minimum Gasteiger partial charge on any atom is -0.462 e. The molecular weight excluding hydrogens is 853 g/mol. The van der Waals surface area contributed by atoms with Gasteiger partial charge in [0, 0.05) is 12.8 Å². The molecule has 11 atom stereocenters. The second-order valence-electron chi connectivity index (χ2n) is 18.7. The number of hydrogen-bond acceptors (Lipinski definition) is 15. The second kappa shape index (κ2) is 39.0. The molecule has 4 unspecified atom stereocenters. The van der Waals surface area contributed by atoms with Crippen molar-refractivity contribution in [3.63, 3.8) is 0 Å². The van der Waals surface area contributed by atoms with E-state index >= 15 is 0 Å². The number of carbonyl (C=O) groups excluding carboxylic acids is 2. The van der Waals surface area contributed by atoms with Crippen LogP contribution >= 0.6 is 0 Å². The largest absolute Gasteiger partial charge is 0.462 e. The average molecular weight is 947 g/mol. The van der Waals surface area contributed by atoms with Crippen LogP contribution < -0.4 is 0 Å². The van der Waals surface area contributed by atoms with Gasteiger partial charge in [-0.05, 0) is 38.5 Å². The number of aliphatic hydroxyl groups excluding tert-OH is 7. The molecule has 15 heteroatoms. The van der Waals surface area contributed by atoms with Crippen molar-refractivity contribution in [2.24, 2.45) is 0 Å². The van der Waals surface area contributed by atoms with E-state index in [-0.39, 0.29) is 26.1 Å². The van der Waals surface area contributed by atoms with Crippen LogP contribution in [0.5, 0.6) is 0 Å². The van der Waals surface area contributed by atoms with Crippen LogP contribution in [0.25, 0.3) is 0 Å². The fraction of sp³-hybridized carbons (Fsp3) is 0.922. The summed E-state index contributed by atoms with van der Waals surface area (Å²) in [7, 11) is 0. The van der Waals surface area contributed by atoms with E-state index in [0.29, 0.717) is 12.8 Å². The Bertz CT molecular complexity index is 1210. The standard InChI is InChI=1S/C51H94O15/c1-3-5-7-9-11-13-15-17-18-19-20-22-24-26-28-30-32-34-43(54)64-39(36-61-42(53)33-31-29-27-25-23-21-16-14-12-10-8-6-4-2)37-62-50-49(60)47(58)45(56)41(66-50)38-63-51-48(59)46(57)44(55)40(35-52)65-51/h14,16,39-41,44-52,55-60H,3-13,15,17-38H2,1-2H3/b16-14+/t39-,40+,41+,44-,45-,46?,47?,48?,49?,50+,51+/m1/s1. The Kier molecular flexibility index (Phi) is 35.7. The van der Waals surface area contributed by atoms with Gasteiger partial charge in [-0.25, -0.2) is 0 Å². The molecular formula is C51H94O15. The van der Waals surface area contributed by atoms with Crippen LogP contribution in [0.2, 0.25) is 0 Å². The maximum Gasteiger partial charge on any atom is 0.306 e. The third-order valence-electron chi connectivity index (χ3n) is 12.7. The Labute approximate surface area is 397 Å². The zero-order chi connectivity index (χ0) is 48.2. The number of hydrogen-bond donors (Lipinski definition) is 7. The van der Waals surface area contributed by atoms with E-state index in [2.05, 4.69) is 26.0 Å². The first-order valence-electron chi connectivity index (χ1n) is 26.3. The van der Waals surface area contributed by atoms with Crippen molar-refractivity contribution in [1.29, 1.82) is 0 Å². The number of ether oxygens (including phenoxy) is 6. The molecule has 0 spiro atoms. The fourth-order valence-corrected chi connectivity index (χ4v) is 8.39. The number of aliphatic hydroxyl groups is 7. The molecule has 66 heavy (non-hydrogen) atoms. The van der Waals surface area contributed by atoms with Crippen LogP contribution in [-0.2, 0) is 38.0 Å². The van der Waals surface area contributed by atoms with Crippen LogP contribution in [0.15, 0.2) is 12.2 Å². The lowest BCUT2D eigenvalue weighted by molar-refractivity contribution is -0.332. The van der Waals surface area contributed by atoms with Gasteiger partial charge < -0.3 is 64.2 Å². The first kappa shape index (κ1) is 60.4. The monoisotopic (exact) mass is 947 g/mol. The molecule has 2 heterocycles. The predicted molar refractivity (Wildman–Crippen MR) is 252 cm³/mol. The van der Waals surface area contributed by atoms with Gasteiger partial charge >= 0.3 is 11.9 Å². The van der Waals surface area contributed by atoms with Crippen LogP contribution in [0, 0.1) is 0 Å². The molecule has 0 radical (unpaired) electrons.